The molecule has 0 aliphatic heterocycles. The van der Waals surface area contributed by atoms with Crippen molar-refractivity contribution in [3.63, 3.8) is 0 Å². The number of pyridine rings is 1. The highest BCUT2D eigenvalue weighted by atomic mass is 35.5. The fourth-order valence-corrected chi connectivity index (χ4v) is 2.58. The first-order valence-corrected chi connectivity index (χ1v) is 9.40. The number of halogens is 5. The Bertz CT molecular complexity index is 891. The Morgan fingerprint density at radius 1 is 1.35 bits per heavy atom. The number of hydrogen-bond acceptors (Lipinski definition) is 5. The summed E-state index contributed by atoms with van der Waals surface area (Å²) in [7, 11) is 0. The van der Waals surface area contributed by atoms with Gasteiger partial charge in [0, 0.05) is 17.8 Å². The van der Waals surface area contributed by atoms with Gasteiger partial charge in [0.1, 0.15) is 0 Å². The molecule has 0 bridgehead atoms. The van der Waals surface area contributed by atoms with Crippen LogP contribution in [0.25, 0.3) is 0 Å². The van der Waals surface area contributed by atoms with E-state index in [1.54, 1.807) is 17.8 Å². The van der Waals surface area contributed by atoms with Gasteiger partial charge in [0.2, 0.25) is 5.95 Å². The van der Waals surface area contributed by atoms with E-state index in [2.05, 4.69) is 15.4 Å². The minimum absolute atomic E-state index is 0.0567. The van der Waals surface area contributed by atoms with E-state index in [4.69, 9.17) is 27.5 Å². The van der Waals surface area contributed by atoms with Gasteiger partial charge in [0.05, 0.1) is 23.5 Å². The van der Waals surface area contributed by atoms with Crippen molar-refractivity contribution in [2.24, 2.45) is 5.73 Å². The van der Waals surface area contributed by atoms with Crippen molar-refractivity contribution in [2.75, 3.05) is 11.9 Å². The third-order valence-electron chi connectivity index (χ3n) is 3.89. The van der Waals surface area contributed by atoms with E-state index in [-0.39, 0.29) is 35.3 Å². The lowest BCUT2D eigenvalue weighted by atomic mass is 9.99. The largest absolute Gasteiger partial charge is 0.466 e. The molecule has 2 rings (SSSR count). The first kappa shape index (κ1) is 26.1. The quantitative estimate of drug-likeness (QED) is 0.240. The van der Waals surface area contributed by atoms with Gasteiger partial charge in [-0.15, -0.1) is 0 Å². The molecule has 0 aliphatic carbocycles. The zero-order valence-electron chi connectivity index (χ0n) is 17.0. The molecule has 2 aromatic rings. The molecular formula is C18H23ClF4N6O2. The molecule has 0 spiro atoms. The number of amides is 1. The number of nitrogens with zero attached hydrogens (tertiary/aromatic N) is 3. The van der Waals surface area contributed by atoms with Gasteiger partial charge < -0.3 is 15.8 Å². The van der Waals surface area contributed by atoms with Gasteiger partial charge in [-0.25, -0.2) is 4.98 Å². The summed E-state index contributed by atoms with van der Waals surface area (Å²) in [5.74, 6) is -1.39. The number of anilines is 1. The fraction of sp³-hybridized carbons (Fsp3) is 0.444. The maximum atomic E-state index is 14.1. The SMILES string of the molecule is CC(CCOC(=N)N)c1cc(NC(=O)c2nn(C(C)C)cc2Cl)cnc1F.FC(F)F. The van der Waals surface area contributed by atoms with Crippen LogP contribution in [0, 0.1) is 11.4 Å². The van der Waals surface area contributed by atoms with E-state index in [1.165, 1.54) is 12.3 Å². The summed E-state index contributed by atoms with van der Waals surface area (Å²) >= 11 is 6.08. The lowest BCUT2D eigenvalue weighted by molar-refractivity contribution is 0.00818. The summed E-state index contributed by atoms with van der Waals surface area (Å²) in [5.41, 5.74) is 5.85. The zero-order chi connectivity index (χ0) is 23.7. The van der Waals surface area contributed by atoms with Crippen LogP contribution < -0.4 is 11.1 Å². The highest BCUT2D eigenvalue weighted by Crippen LogP contribution is 2.25. The first-order valence-electron chi connectivity index (χ1n) is 9.02. The molecule has 13 heteroatoms. The van der Waals surface area contributed by atoms with E-state index in [9.17, 15) is 22.4 Å². The van der Waals surface area contributed by atoms with E-state index >= 15 is 0 Å². The molecule has 0 saturated carbocycles. The van der Waals surface area contributed by atoms with E-state index in [1.807, 2.05) is 13.8 Å². The Morgan fingerprint density at radius 3 is 2.48 bits per heavy atom. The summed E-state index contributed by atoms with van der Waals surface area (Å²) in [4.78, 5) is 16.1. The maximum absolute atomic E-state index is 14.1. The minimum atomic E-state index is -3.67. The molecule has 31 heavy (non-hydrogen) atoms. The van der Waals surface area contributed by atoms with Crippen LogP contribution in [-0.4, -0.2) is 40.0 Å². The summed E-state index contributed by atoms with van der Waals surface area (Å²) in [5, 5.41) is 14.1. The van der Waals surface area contributed by atoms with Gasteiger partial charge in [-0.05, 0) is 32.3 Å². The molecule has 0 fully saturated rings. The predicted molar refractivity (Wildman–Crippen MR) is 108 cm³/mol. The number of nitrogens with two attached hydrogens (primary N) is 1. The van der Waals surface area contributed by atoms with Crippen LogP contribution in [0.1, 0.15) is 55.2 Å². The highest BCUT2D eigenvalue weighted by Gasteiger charge is 2.19. The van der Waals surface area contributed by atoms with Crippen LogP contribution in [-0.2, 0) is 4.74 Å². The topological polar surface area (TPSA) is 119 Å². The fourth-order valence-electron chi connectivity index (χ4n) is 2.36. The average Bonchev–Trinajstić information content (AvgIpc) is 3.04. The number of carbonyl (C=O) groups excluding carboxylic acids is 1. The van der Waals surface area contributed by atoms with Crippen molar-refractivity contribution in [1.29, 1.82) is 5.41 Å². The summed E-state index contributed by atoms with van der Waals surface area (Å²) in [6.45, 7) is 2.13. The normalized spacial score (nSPS) is 11.7. The van der Waals surface area contributed by atoms with Crippen LogP contribution in [0.5, 0.6) is 0 Å². The van der Waals surface area contributed by atoms with Crippen molar-refractivity contribution in [3.8, 4) is 0 Å². The molecule has 2 aromatic heterocycles. The molecule has 0 aromatic carbocycles. The second kappa shape index (κ2) is 12.1. The summed E-state index contributed by atoms with van der Waals surface area (Å²) in [6, 6.07) is 1.17. The van der Waals surface area contributed by atoms with Crippen molar-refractivity contribution in [2.45, 2.75) is 45.8 Å². The molecule has 0 aliphatic rings. The van der Waals surface area contributed by atoms with Crippen LogP contribution in [0.3, 0.4) is 0 Å². The third-order valence-corrected chi connectivity index (χ3v) is 4.17. The van der Waals surface area contributed by atoms with Crippen molar-refractivity contribution < 1.29 is 27.1 Å². The van der Waals surface area contributed by atoms with Crippen molar-refractivity contribution >= 4 is 29.2 Å². The standard InChI is InChI=1S/C17H22ClFN6O2.CHF3/c1-9(2)25-8-13(18)14(24-25)16(26)23-11-6-12(15(19)22-7-11)10(3)4-5-27-17(20)21;2-1(3)4/h6-10H,4-5H2,1-3H3,(H3,20,21)(H,23,26);1H. The molecule has 1 unspecified atom stereocenters. The van der Waals surface area contributed by atoms with Gasteiger partial charge in [-0.3, -0.25) is 14.9 Å². The molecule has 1 atom stereocenters. The Labute approximate surface area is 181 Å². The summed E-state index contributed by atoms with van der Waals surface area (Å²) in [6.07, 6.45) is 3.23. The van der Waals surface area contributed by atoms with Gasteiger partial charge in [0.15, 0.2) is 5.69 Å². The molecule has 2 heterocycles. The molecule has 0 saturated heterocycles. The monoisotopic (exact) mass is 466 g/mol. The predicted octanol–water partition coefficient (Wildman–Crippen LogP) is 4.49. The molecule has 172 valence electrons. The Hall–Kier alpha value is -2.89. The van der Waals surface area contributed by atoms with Crippen LogP contribution in [0.2, 0.25) is 5.02 Å². The lowest BCUT2D eigenvalue weighted by Crippen LogP contribution is -2.17. The molecule has 4 N–H and O–H groups in total. The Kier molecular flexibility index (Phi) is 10.2. The lowest BCUT2D eigenvalue weighted by Gasteiger charge is -2.14. The number of alkyl halides is 3. The van der Waals surface area contributed by atoms with E-state index in [0.29, 0.717) is 17.7 Å². The van der Waals surface area contributed by atoms with Crippen molar-refractivity contribution in [1.82, 2.24) is 14.8 Å². The average molecular weight is 467 g/mol. The van der Waals surface area contributed by atoms with Gasteiger partial charge >= 0.3 is 6.68 Å². The summed E-state index contributed by atoms with van der Waals surface area (Å²) < 4.78 is 49.5. The number of ether oxygens (including phenoxy) is 1. The smallest absolute Gasteiger partial charge is 0.379 e. The van der Waals surface area contributed by atoms with E-state index in [0.717, 1.165) is 0 Å². The highest BCUT2D eigenvalue weighted by molar-refractivity contribution is 6.34. The zero-order valence-corrected chi connectivity index (χ0v) is 17.8. The third kappa shape index (κ3) is 8.79. The maximum Gasteiger partial charge on any atom is 0.379 e. The Morgan fingerprint density at radius 2 is 1.97 bits per heavy atom. The van der Waals surface area contributed by atoms with Crippen LogP contribution in [0.15, 0.2) is 18.5 Å². The van der Waals surface area contributed by atoms with Gasteiger partial charge in [0.25, 0.3) is 11.9 Å². The number of nitrogens with one attached hydrogen (secondary N) is 2. The number of rotatable bonds is 7. The first-order chi connectivity index (χ1) is 14.4. The van der Waals surface area contributed by atoms with Crippen LogP contribution >= 0.6 is 11.6 Å². The second-order valence-corrected chi connectivity index (χ2v) is 7.01. The van der Waals surface area contributed by atoms with Crippen molar-refractivity contribution in [3.05, 3.63) is 40.7 Å². The molecule has 0 radical (unpaired) electrons. The van der Waals surface area contributed by atoms with Gasteiger partial charge in [-0.1, -0.05) is 18.5 Å². The molecule has 1 amide bonds. The number of aromatic nitrogens is 3. The van der Waals surface area contributed by atoms with Gasteiger partial charge in [-0.2, -0.15) is 22.7 Å². The minimum Gasteiger partial charge on any atom is -0.466 e. The second-order valence-electron chi connectivity index (χ2n) is 6.61. The number of carbonyl (C=O) groups is 1. The van der Waals surface area contributed by atoms with E-state index < -0.39 is 18.5 Å². The molecular weight excluding hydrogens is 444 g/mol. The number of amidine groups is 1. The molecule has 8 nitrogen and oxygen atoms in total. The number of hydrogen-bond donors (Lipinski definition) is 3. The Balaban J connectivity index is 0.00000110. The van der Waals surface area contributed by atoms with Crippen LogP contribution in [0.4, 0.5) is 23.2 Å².